The molecule has 7 heteroatoms. The van der Waals surface area contributed by atoms with Gasteiger partial charge in [-0.2, -0.15) is 0 Å². The topological polar surface area (TPSA) is 101 Å². The average molecular weight is 282 g/mol. The molecule has 0 atom stereocenters. The van der Waals surface area contributed by atoms with Crippen molar-refractivity contribution in [3.05, 3.63) is 16.1 Å². The number of nitrogens with one attached hydrogen (secondary N) is 1. The van der Waals surface area contributed by atoms with E-state index in [1.807, 2.05) is 6.92 Å². The van der Waals surface area contributed by atoms with Crippen LogP contribution in [0.2, 0.25) is 0 Å². The first-order chi connectivity index (χ1) is 9.07. The lowest BCUT2D eigenvalue weighted by molar-refractivity contribution is 0.0909. The van der Waals surface area contributed by atoms with Gasteiger partial charge in [0.25, 0.3) is 5.91 Å². The standard InChI is InChI=1S/C12H18N4O2S/c1-8-14-7-9(19-8)10(17)15-12(11(13)16-18)5-3-2-4-6-12/h7,18H,2-6H2,1H3,(H2,13,16)(H,15,17). The number of hydrogen-bond donors (Lipinski definition) is 3. The summed E-state index contributed by atoms with van der Waals surface area (Å²) in [7, 11) is 0. The molecule has 0 aromatic carbocycles. The number of amides is 1. The van der Waals surface area contributed by atoms with E-state index in [9.17, 15) is 4.79 Å². The molecule has 1 saturated carbocycles. The Morgan fingerprint density at radius 1 is 1.53 bits per heavy atom. The van der Waals surface area contributed by atoms with Crippen LogP contribution in [-0.2, 0) is 0 Å². The van der Waals surface area contributed by atoms with Gasteiger partial charge >= 0.3 is 0 Å². The number of hydrogen-bond acceptors (Lipinski definition) is 5. The molecule has 104 valence electrons. The van der Waals surface area contributed by atoms with Gasteiger partial charge in [-0.15, -0.1) is 11.3 Å². The zero-order chi connectivity index (χ0) is 13.9. The summed E-state index contributed by atoms with van der Waals surface area (Å²) < 4.78 is 0. The van der Waals surface area contributed by atoms with Crippen molar-refractivity contribution in [1.82, 2.24) is 10.3 Å². The first kappa shape index (κ1) is 13.8. The monoisotopic (exact) mass is 282 g/mol. The minimum Gasteiger partial charge on any atom is -0.409 e. The highest BCUT2D eigenvalue weighted by atomic mass is 32.1. The first-order valence-corrected chi connectivity index (χ1v) is 7.12. The Kier molecular flexibility index (Phi) is 4.04. The van der Waals surface area contributed by atoms with Crippen LogP contribution in [0.4, 0.5) is 0 Å². The largest absolute Gasteiger partial charge is 0.409 e. The van der Waals surface area contributed by atoms with E-state index >= 15 is 0 Å². The molecule has 0 saturated heterocycles. The molecule has 6 nitrogen and oxygen atoms in total. The van der Waals surface area contributed by atoms with Gasteiger partial charge < -0.3 is 16.3 Å². The Labute approximate surface area is 115 Å². The van der Waals surface area contributed by atoms with Crippen LogP contribution in [0.3, 0.4) is 0 Å². The molecule has 1 aromatic heterocycles. The first-order valence-electron chi connectivity index (χ1n) is 6.30. The molecular weight excluding hydrogens is 264 g/mol. The second kappa shape index (κ2) is 5.56. The number of nitrogens with zero attached hydrogens (tertiary/aromatic N) is 2. The molecule has 0 spiro atoms. The highest BCUT2D eigenvalue weighted by Crippen LogP contribution is 2.29. The molecule has 0 unspecified atom stereocenters. The molecule has 4 N–H and O–H groups in total. The maximum Gasteiger partial charge on any atom is 0.263 e. The zero-order valence-electron chi connectivity index (χ0n) is 10.8. The number of aryl methyl sites for hydroxylation is 1. The minimum absolute atomic E-state index is 0.0850. The number of aromatic nitrogens is 1. The molecule has 1 amide bonds. The Bertz CT molecular complexity index is 492. The quantitative estimate of drug-likeness (QED) is 0.339. The Hall–Kier alpha value is -1.63. The molecule has 1 heterocycles. The third kappa shape index (κ3) is 2.86. The van der Waals surface area contributed by atoms with E-state index in [1.54, 1.807) is 6.20 Å². The molecule has 0 bridgehead atoms. The SMILES string of the molecule is Cc1ncc(C(=O)NC2(/C(N)=N/O)CCCCC2)s1. The molecule has 1 aliphatic carbocycles. The van der Waals surface area contributed by atoms with Crippen LogP contribution in [0.15, 0.2) is 11.4 Å². The maximum atomic E-state index is 12.2. The summed E-state index contributed by atoms with van der Waals surface area (Å²) in [6.07, 6.45) is 5.98. The number of oxime groups is 1. The van der Waals surface area contributed by atoms with Crippen LogP contribution in [0.1, 0.15) is 46.8 Å². The molecule has 1 fully saturated rings. The van der Waals surface area contributed by atoms with Crippen LogP contribution < -0.4 is 11.1 Å². The smallest absolute Gasteiger partial charge is 0.263 e. The molecule has 1 aliphatic rings. The van der Waals surface area contributed by atoms with Crippen molar-refractivity contribution in [2.75, 3.05) is 0 Å². The van der Waals surface area contributed by atoms with Crippen molar-refractivity contribution in [2.45, 2.75) is 44.6 Å². The highest BCUT2D eigenvalue weighted by Gasteiger charge is 2.38. The van der Waals surface area contributed by atoms with Crippen molar-refractivity contribution in [3.8, 4) is 0 Å². The lowest BCUT2D eigenvalue weighted by atomic mass is 9.80. The van der Waals surface area contributed by atoms with Crippen LogP contribution in [0, 0.1) is 6.92 Å². The number of carbonyl (C=O) groups excluding carboxylic acids is 1. The van der Waals surface area contributed by atoms with Crippen molar-refractivity contribution in [2.24, 2.45) is 10.9 Å². The van der Waals surface area contributed by atoms with Gasteiger partial charge in [-0.05, 0) is 19.8 Å². The van der Waals surface area contributed by atoms with E-state index in [0.29, 0.717) is 17.7 Å². The van der Waals surface area contributed by atoms with Crippen LogP contribution in [0.5, 0.6) is 0 Å². The van der Waals surface area contributed by atoms with E-state index in [1.165, 1.54) is 11.3 Å². The molecular formula is C12H18N4O2S. The Morgan fingerprint density at radius 2 is 2.21 bits per heavy atom. The van der Waals surface area contributed by atoms with Gasteiger partial charge in [0.15, 0.2) is 5.84 Å². The summed E-state index contributed by atoms with van der Waals surface area (Å²) in [6, 6.07) is 0. The van der Waals surface area contributed by atoms with E-state index in [-0.39, 0.29) is 11.7 Å². The molecule has 2 rings (SSSR count). The fourth-order valence-electron chi connectivity index (χ4n) is 2.44. The van der Waals surface area contributed by atoms with Gasteiger partial charge in [0.1, 0.15) is 10.4 Å². The second-order valence-corrected chi connectivity index (χ2v) is 6.06. The predicted molar refractivity (Wildman–Crippen MR) is 73.5 cm³/mol. The number of rotatable bonds is 3. The van der Waals surface area contributed by atoms with Gasteiger partial charge in [0, 0.05) is 0 Å². The number of thiazole rings is 1. The van der Waals surface area contributed by atoms with Crippen LogP contribution in [0.25, 0.3) is 0 Å². The van der Waals surface area contributed by atoms with Crippen molar-refractivity contribution in [1.29, 1.82) is 0 Å². The lowest BCUT2D eigenvalue weighted by Gasteiger charge is -2.36. The third-order valence-corrected chi connectivity index (χ3v) is 4.41. The van der Waals surface area contributed by atoms with Gasteiger partial charge in [0.05, 0.1) is 11.2 Å². The fraction of sp³-hybridized carbons (Fsp3) is 0.583. The average Bonchev–Trinajstić information content (AvgIpc) is 2.85. The summed E-state index contributed by atoms with van der Waals surface area (Å²) in [4.78, 5) is 16.8. The van der Waals surface area contributed by atoms with E-state index in [2.05, 4.69) is 15.5 Å². The van der Waals surface area contributed by atoms with Gasteiger partial charge in [-0.1, -0.05) is 24.4 Å². The fourth-order valence-corrected chi connectivity index (χ4v) is 3.11. The lowest BCUT2D eigenvalue weighted by Crippen LogP contribution is -2.58. The van der Waals surface area contributed by atoms with Crippen molar-refractivity contribution >= 4 is 23.1 Å². The van der Waals surface area contributed by atoms with Gasteiger partial charge in [-0.25, -0.2) is 4.98 Å². The molecule has 1 aromatic rings. The normalized spacial score (nSPS) is 19.1. The number of carbonyl (C=O) groups is 1. The van der Waals surface area contributed by atoms with Crippen molar-refractivity contribution < 1.29 is 10.0 Å². The van der Waals surface area contributed by atoms with Gasteiger partial charge in [0.2, 0.25) is 0 Å². The predicted octanol–water partition coefficient (Wildman–Crippen LogP) is 1.63. The second-order valence-electron chi connectivity index (χ2n) is 4.83. The molecule has 0 radical (unpaired) electrons. The van der Waals surface area contributed by atoms with E-state index in [4.69, 9.17) is 10.9 Å². The maximum absolute atomic E-state index is 12.2. The molecule has 0 aliphatic heterocycles. The van der Waals surface area contributed by atoms with Crippen LogP contribution in [-0.4, -0.2) is 27.5 Å². The van der Waals surface area contributed by atoms with E-state index < -0.39 is 5.54 Å². The minimum atomic E-state index is -0.720. The summed E-state index contributed by atoms with van der Waals surface area (Å²) in [6.45, 7) is 1.85. The Morgan fingerprint density at radius 3 is 2.74 bits per heavy atom. The molecule has 19 heavy (non-hydrogen) atoms. The van der Waals surface area contributed by atoms with Gasteiger partial charge in [-0.3, -0.25) is 4.79 Å². The summed E-state index contributed by atoms with van der Waals surface area (Å²) in [5.74, 6) is -0.124. The van der Waals surface area contributed by atoms with E-state index in [0.717, 1.165) is 24.3 Å². The number of nitrogens with two attached hydrogens (primary N) is 1. The van der Waals surface area contributed by atoms with Crippen LogP contribution >= 0.6 is 11.3 Å². The summed E-state index contributed by atoms with van der Waals surface area (Å²) in [5, 5.41) is 15.8. The summed E-state index contributed by atoms with van der Waals surface area (Å²) >= 11 is 1.34. The summed E-state index contributed by atoms with van der Waals surface area (Å²) in [5.41, 5.74) is 5.07. The number of amidine groups is 1. The highest BCUT2D eigenvalue weighted by molar-refractivity contribution is 7.13. The Balaban J connectivity index is 2.19. The van der Waals surface area contributed by atoms with Crippen molar-refractivity contribution in [3.63, 3.8) is 0 Å². The third-order valence-electron chi connectivity index (χ3n) is 3.50. The zero-order valence-corrected chi connectivity index (χ0v) is 11.7.